The van der Waals surface area contributed by atoms with Gasteiger partial charge in [0.15, 0.2) is 0 Å². The lowest BCUT2D eigenvalue weighted by Crippen LogP contribution is -2.28. The molecule has 0 bridgehead atoms. The van der Waals surface area contributed by atoms with Crippen LogP contribution in [-0.2, 0) is 11.3 Å². The van der Waals surface area contributed by atoms with Gasteiger partial charge in [0.2, 0.25) is 5.91 Å². The van der Waals surface area contributed by atoms with Gasteiger partial charge in [-0.05, 0) is 15.9 Å². The van der Waals surface area contributed by atoms with E-state index in [1.54, 1.807) is 17.9 Å². The molecule has 1 heterocycles. The maximum Gasteiger partial charge on any atom is 0.224 e. The molecule has 0 saturated heterocycles. The summed E-state index contributed by atoms with van der Waals surface area (Å²) in [6.45, 7) is 2.47. The molecular formula is C8H12BrN3O. The molecule has 0 aliphatic carbocycles. The zero-order valence-corrected chi connectivity index (χ0v) is 9.21. The van der Waals surface area contributed by atoms with Crippen molar-refractivity contribution in [1.29, 1.82) is 0 Å². The van der Waals surface area contributed by atoms with Crippen LogP contribution in [0.4, 0.5) is 0 Å². The summed E-state index contributed by atoms with van der Waals surface area (Å²) in [5, 5.41) is 6.66. The lowest BCUT2D eigenvalue weighted by atomic mass is 10.2. The summed E-state index contributed by atoms with van der Waals surface area (Å²) in [7, 11) is 1.64. The molecular weight excluding hydrogens is 234 g/mol. The van der Waals surface area contributed by atoms with E-state index in [4.69, 9.17) is 0 Å². The zero-order valence-electron chi connectivity index (χ0n) is 7.62. The van der Waals surface area contributed by atoms with Crippen LogP contribution >= 0.6 is 15.9 Å². The Morgan fingerprint density at radius 2 is 2.54 bits per heavy atom. The predicted octanol–water partition coefficient (Wildman–Crippen LogP) is 1.03. The van der Waals surface area contributed by atoms with Crippen molar-refractivity contribution in [2.45, 2.75) is 13.5 Å². The highest BCUT2D eigenvalue weighted by Crippen LogP contribution is 2.08. The second-order valence-electron chi connectivity index (χ2n) is 2.90. The second kappa shape index (κ2) is 4.41. The van der Waals surface area contributed by atoms with Gasteiger partial charge in [-0.1, -0.05) is 6.92 Å². The smallest absolute Gasteiger partial charge is 0.224 e. The maximum absolute atomic E-state index is 11.2. The Labute approximate surface area is 85.4 Å². The summed E-state index contributed by atoms with van der Waals surface area (Å²) in [5.74, 6) is -0.0246. The number of halogens is 1. The SMILES string of the molecule is CNC(=O)[C@H](C)Cn1cc(Br)cn1. The van der Waals surface area contributed by atoms with E-state index in [0.717, 1.165) is 4.47 Å². The summed E-state index contributed by atoms with van der Waals surface area (Å²) in [6.07, 6.45) is 3.55. The molecule has 13 heavy (non-hydrogen) atoms. The molecule has 1 amide bonds. The third-order valence-corrected chi connectivity index (χ3v) is 2.17. The van der Waals surface area contributed by atoms with Crippen LogP contribution in [-0.4, -0.2) is 22.7 Å². The number of aromatic nitrogens is 2. The highest BCUT2D eigenvalue weighted by Gasteiger charge is 2.11. The van der Waals surface area contributed by atoms with Crippen LogP contribution in [0.15, 0.2) is 16.9 Å². The number of carbonyl (C=O) groups excluding carboxylic acids is 1. The van der Waals surface area contributed by atoms with E-state index >= 15 is 0 Å². The van der Waals surface area contributed by atoms with Crippen molar-refractivity contribution in [1.82, 2.24) is 15.1 Å². The molecule has 0 saturated carbocycles. The van der Waals surface area contributed by atoms with Crippen molar-refractivity contribution in [2.75, 3.05) is 7.05 Å². The third kappa shape index (κ3) is 2.84. The van der Waals surface area contributed by atoms with E-state index < -0.39 is 0 Å². The molecule has 1 atom stereocenters. The largest absolute Gasteiger partial charge is 0.359 e. The van der Waals surface area contributed by atoms with Gasteiger partial charge in [0.1, 0.15) is 0 Å². The normalized spacial score (nSPS) is 12.5. The van der Waals surface area contributed by atoms with Crippen LogP contribution < -0.4 is 5.32 Å². The Morgan fingerprint density at radius 1 is 1.85 bits per heavy atom. The number of carbonyl (C=O) groups is 1. The molecule has 0 aliphatic heterocycles. The fourth-order valence-corrected chi connectivity index (χ4v) is 1.38. The Morgan fingerprint density at radius 3 is 3.00 bits per heavy atom. The van der Waals surface area contributed by atoms with Crippen LogP contribution in [0.1, 0.15) is 6.92 Å². The molecule has 5 heteroatoms. The molecule has 1 aromatic rings. The first-order chi connectivity index (χ1) is 6.13. The molecule has 1 rings (SSSR count). The second-order valence-corrected chi connectivity index (χ2v) is 3.81. The van der Waals surface area contributed by atoms with E-state index in [1.807, 2.05) is 13.1 Å². The number of nitrogens with zero attached hydrogens (tertiary/aromatic N) is 2. The van der Waals surface area contributed by atoms with E-state index in [2.05, 4.69) is 26.3 Å². The third-order valence-electron chi connectivity index (χ3n) is 1.76. The van der Waals surface area contributed by atoms with Crippen LogP contribution in [0.2, 0.25) is 0 Å². The van der Waals surface area contributed by atoms with E-state index in [1.165, 1.54) is 0 Å². The molecule has 1 N–H and O–H groups in total. The van der Waals surface area contributed by atoms with Crippen molar-refractivity contribution in [2.24, 2.45) is 5.92 Å². The van der Waals surface area contributed by atoms with Crippen molar-refractivity contribution in [3.8, 4) is 0 Å². The minimum atomic E-state index is -0.0585. The van der Waals surface area contributed by atoms with Gasteiger partial charge in [-0.15, -0.1) is 0 Å². The molecule has 0 fully saturated rings. The Balaban J connectivity index is 2.54. The van der Waals surface area contributed by atoms with Gasteiger partial charge in [-0.3, -0.25) is 9.48 Å². The quantitative estimate of drug-likeness (QED) is 0.865. The average Bonchev–Trinajstić information content (AvgIpc) is 2.49. The zero-order chi connectivity index (χ0) is 9.84. The maximum atomic E-state index is 11.2. The number of rotatable bonds is 3. The van der Waals surface area contributed by atoms with Crippen molar-refractivity contribution < 1.29 is 4.79 Å². The Hall–Kier alpha value is -0.840. The van der Waals surface area contributed by atoms with Gasteiger partial charge in [-0.2, -0.15) is 5.10 Å². The number of nitrogens with one attached hydrogen (secondary N) is 1. The van der Waals surface area contributed by atoms with Gasteiger partial charge in [0, 0.05) is 13.2 Å². The van der Waals surface area contributed by atoms with E-state index in [9.17, 15) is 4.79 Å². The molecule has 0 unspecified atom stereocenters. The fraction of sp³-hybridized carbons (Fsp3) is 0.500. The van der Waals surface area contributed by atoms with Crippen LogP contribution in [0.25, 0.3) is 0 Å². The number of hydrogen-bond acceptors (Lipinski definition) is 2. The summed E-state index contributed by atoms with van der Waals surface area (Å²) in [4.78, 5) is 11.2. The van der Waals surface area contributed by atoms with Crippen LogP contribution in [0.3, 0.4) is 0 Å². The minimum absolute atomic E-state index is 0.0339. The molecule has 72 valence electrons. The summed E-state index contributed by atoms with van der Waals surface area (Å²) in [5.41, 5.74) is 0. The highest BCUT2D eigenvalue weighted by molar-refractivity contribution is 9.10. The van der Waals surface area contributed by atoms with Crippen LogP contribution in [0.5, 0.6) is 0 Å². The standard InChI is InChI=1S/C8H12BrN3O/c1-6(8(13)10-2)4-12-5-7(9)3-11-12/h3,5-6H,4H2,1-2H3,(H,10,13)/t6-/m1/s1. The molecule has 1 aromatic heterocycles. The average molecular weight is 246 g/mol. The van der Waals surface area contributed by atoms with Crippen molar-refractivity contribution in [3.05, 3.63) is 16.9 Å². The number of hydrogen-bond donors (Lipinski definition) is 1. The Kier molecular flexibility index (Phi) is 3.48. The summed E-state index contributed by atoms with van der Waals surface area (Å²) >= 11 is 3.29. The minimum Gasteiger partial charge on any atom is -0.359 e. The molecule has 0 radical (unpaired) electrons. The topological polar surface area (TPSA) is 46.9 Å². The van der Waals surface area contributed by atoms with Gasteiger partial charge >= 0.3 is 0 Å². The lowest BCUT2D eigenvalue weighted by molar-refractivity contribution is -0.124. The van der Waals surface area contributed by atoms with Gasteiger partial charge in [0.05, 0.1) is 23.1 Å². The van der Waals surface area contributed by atoms with Crippen molar-refractivity contribution >= 4 is 21.8 Å². The summed E-state index contributed by atoms with van der Waals surface area (Å²) < 4.78 is 2.67. The monoisotopic (exact) mass is 245 g/mol. The van der Waals surface area contributed by atoms with Crippen molar-refractivity contribution in [3.63, 3.8) is 0 Å². The van der Waals surface area contributed by atoms with E-state index in [-0.39, 0.29) is 11.8 Å². The first-order valence-corrected chi connectivity index (χ1v) is 4.82. The fourth-order valence-electron chi connectivity index (χ4n) is 1.05. The summed E-state index contributed by atoms with van der Waals surface area (Å²) in [6, 6.07) is 0. The first kappa shape index (κ1) is 10.2. The van der Waals surface area contributed by atoms with Gasteiger partial charge in [0.25, 0.3) is 0 Å². The molecule has 0 aromatic carbocycles. The van der Waals surface area contributed by atoms with Gasteiger partial charge < -0.3 is 5.32 Å². The molecule has 0 aliphatic rings. The predicted molar refractivity (Wildman–Crippen MR) is 53.2 cm³/mol. The Bertz CT molecular complexity index is 297. The highest BCUT2D eigenvalue weighted by atomic mass is 79.9. The lowest BCUT2D eigenvalue weighted by Gasteiger charge is -2.08. The van der Waals surface area contributed by atoms with Crippen LogP contribution in [0, 0.1) is 5.92 Å². The van der Waals surface area contributed by atoms with Gasteiger partial charge in [-0.25, -0.2) is 0 Å². The first-order valence-electron chi connectivity index (χ1n) is 4.03. The molecule has 0 spiro atoms. The molecule has 4 nitrogen and oxygen atoms in total. The number of amides is 1. The van der Waals surface area contributed by atoms with E-state index in [0.29, 0.717) is 6.54 Å².